The second-order valence-electron chi connectivity index (χ2n) is 5.61. The molecule has 0 aliphatic rings. The highest BCUT2D eigenvalue weighted by Crippen LogP contribution is 2.22. The number of nitrogens with zero attached hydrogens (tertiary/aromatic N) is 5. The van der Waals surface area contributed by atoms with Crippen LogP contribution in [-0.2, 0) is 4.79 Å². The molecule has 0 atom stereocenters. The zero-order chi connectivity index (χ0) is 18.8. The number of halogens is 1. The summed E-state index contributed by atoms with van der Waals surface area (Å²) in [5, 5.41) is 18.7. The Labute approximate surface area is 171 Å². The first kappa shape index (κ1) is 18.1. The van der Waals surface area contributed by atoms with Gasteiger partial charge in [-0.15, -0.1) is 21.5 Å². The van der Waals surface area contributed by atoms with Crippen LogP contribution in [0.3, 0.4) is 0 Å². The number of nitrogens with one attached hydrogen (secondary N) is 1. The Morgan fingerprint density at radius 2 is 2.04 bits per heavy atom. The molecule has 0 radical (unpaired) electrons. The Kier molecular flexibility index (Phi) is 5.19. The summed E-state index contributed by atoms with van der Waals surface area (Å²) < 4.78 is 2.66. The monoisotopic (exact) mass is 460 g/mol. The summed E-state index contributed by atoms with van der Waals surface area (Å²) in [5.74, 6) is 0.0547. The summed E-state index contributed by atoms with van der Waals surface area (Å²) in [7, 11) is 0. The van der Waals surface area contributed by atoms with Crippen molar-refractivity contribution in [3.8, 4) is 11.3 Å². The molecule has 10 heteroatoms. The zero-order valence-corrected chi connectivity index (χ0v) is 17.3. The van der Waals surface area contributed by atoms with Crippen molar-refractivity contribution in [2.45, 2.75) is 12.1 Å². The molecular weight excluding hydrogens is 448 g/mol. The van der Waals surface area contributed by atoms with Gasteiger partial charge in [0.1, 0.15) is 0 Å². The van der Waals surface area contributed by atoms with E-state index in [2.05, 4.69) is 41.5 Å². The summed E-state index contributed by atoms with van der Waals surface area (Å²) in [4.78, 5) is 16.4. The Bertz CT molecular complexity index is 1110. The van der Waals surface area contributed by atoms with Crippen LogP contribution >= 0.6 is 39.0 Å². The predicted molar refractivity (Wildman–Crippen MR) is 110 cm³/mol. The average molecular weight is 461 g/mol. The van der Waals surface area contributed by atoms with E-state index in [9.17, 15) is 4.79 Å². The number of carbonyl (C=O) groups is 1. The molecule has 0 saturated heterocycles. The Balaban J connectivity index is 1.50. The molecule has 0 aliphatic heterocycles. The summed E-state index contributed by atoms with van der Waals surface area (Å²) in [6.07, 6.45) is 0. The first-order chi connectivity index (χ1) is 13.1. The van der Waals surface area contributed by atoms with E-state index < -0.39 is 0 Å². The molecule has 3 aromatic heterocycles. The highest BCUT2D eigenvalue weighted by Gasteiger charge is 2.12. The fourth-order valence-electron chi connectivity index (χ4n) is 2.33. The van der Waals surface area contributed by atoms with E-state index in [1.165, 1.54) is 23.1 Å². The van der Waals surface area contributed by atoms with Crippen molar-refractivity contribution in [3.63, 3.8) is 0 Å². The number of fused-ring (bicyclic) bond motifs is 1. The molecule has 1 N–H and O–H groups in total. The highest BCUT2D eigenvalue weighted by molar-refractivity contribution is 9.10. The van der Waals surface area contributed by atoms with Gasteiger partial charge in [-0.1, -0.05) is 39.8 Å². The van der Waals surface area contributed by atoms with Crippen molar-refractivity contribution in [1.29, 1.82) is 0 Å². The van der Waals surface area contributed by atoms with Crippen molar-refractivity contribution in [1.82, 2.24) is 24.8 Å². The number of thioether (sulfide) groups is 1. The van der Waals surface area contributed by atoms with E-state index in [4.69, 9.17) is 0 Å². The van der Waals surface area contributed by atoms with Gasteiger partial charge in [-0.05, 0) is 31.2 Å². The fraction of sp³-hybridized carbons (Fsp3) is 0.118. The van der Waals surface area contributed by atoms with Gasteiger partial charge in [0.25, 0.3) is 0 Å². The summed E-state index contributed by atoms with van der Waals surface area (Å²) in [6, 6.07) is 11.7. The van der Waals surface area contributed by atoms with Crippen LogP contribution in [0.5, 0.6) is 0 Å². The molecule has 7 nitrogen and oxygen atoms in total. The molecule has 4 rings (SSSR count). The molecule has 0 bridgehead atoms. The van der Waals surface area contributed by atoms with E-state index in [-0.39, 0.29) is 11.7 Å². The van der Waals surface area contributed by atoms with Crippen LogP contribution in [0, 0.1) is 6.92 Å². The second-order valence-corrected chi connectivity index (χ2v) is 8.33. The lowest BCUT2D eigenvalue weighted by atomic mass is 10.1. The first-order valence-corrected chi connectivity index (χ1v) is 10.6. The quantitative estimate of drug-likeness (QED) is 0.452. The number of anilines is 1. The number of aromatic nitrogens is 5. The summed E-state index contributed by atoms with van der Waals surface area (Å²) in [5.41, 5.74) is 3.31. The van der Waals surface area contributed by atoms with Crippen LogP contribution in [0.2, 0.25) is 0 Å². The lowest BCUT2D eigenvalue weighted by Gasteiger charge is -2.04. The third-order valence-electron chi connectivity index (χ3n) is 3.57. The number of amides is 1. The second kappa shape index (κ2) is 7.75. The minimum Gasteiger partial charge on any atom is -0.301 e. The van der Waals surface area contributed by atoms with Crippen LogP contribution < -0.4 is 5.32 Å². The Morgan fingerprint density at radius 1 is 1.22 bits per heavy atom. The molecule has 0 aliphatic carbocycles. The number of rotatable bonds is 5. The lowest BCUT2D eigenvalue weighted by Crippen LogP contribution is -2.14. The minimum atomic E-state index is -0.143. The number of aryl methyl sites for hydroxylation is 1. The number of thiazole rings is 1. The minimum absolute atomic E-state index is 0.143. The van der Waals surface area contributed by atoms with Crippen LogP contribution in [0.1, 0.15) is 5.69 Å². The molecule has 0 spiro atoms. The molecule has 0 unspecified atom stereocenters. The fourth-order valence-corrected chi connectivity index (χ4v) is 3.99. The maximum atomic E-state index is 12.1. The van der Waals surface area contributed by atoms with Gasteiger partial charge in [-0.25, -0.2) is 4.98 Å². The SMILES string of the molecule is Cc1csc(NC(=O)CSc2nnc3ccc(-c4ccc(Br)cc4)nn23)n1. The molecule has 136 valence electrons. The predicted octanol–water partition coefficient (Wildman–Crippen LogP) is 4.05. The van der Waals surface area contributed by atoms with Gasteiger partial charge in [0, 0.05) is 15.4 Å². The maximum Gasteiger partial charge on any atom is 0.236 e. The topological polar surface area (TPSA) is 85.1 Å². The molecule has 3 heterocycles. The normalized spacial score (nSPS) is 11.0. The first-order valence-electron chi connectivity index (χ1n) is 7.92. The van der Waals surface area contributed by atoms with Crippen molar-refractivity contribution in [3.05, 3.63) is 51.9 Å². The summed E-state index contributed by atoms with van der Waals surface area (Å²) >= 11 is 6.12. The Morgan fingerprint density at radius 3 is 2.78 bits per heavy atom. The third-order valence-corrected chi connectivity index (χ3v) is 5.90. The van der Waals surface area contributed by atoms with E-state index in [1.54, 1.807) is 4.52 Å². The maximum absolute atomic E-state index is 12.1. The van der Waals surface area contributed by atoms with E-state index in [0.29, 0.717) is 15.9 Å². The average Bonchev–Trinajstić information content (AvgIpc) is 3.26. The highest BCUT2D eigenvalue weighted by atomic mass is 79.9. The van der Waals surface area contributed by atoms with Gasteiger partial charge in [-0.2, -0.15) is 9.61 Å². The van der Waals surface area contributed by atoms with Crippen molar-refractivity contribution < 1.29 is 4.79 Å². The van der Waals surface area contributed by atoms with Crippen LogP contribution in [0.15, 0.2) is 51.4 Å². The molecule has 1 aromatic carbocycles. The Hall–Kier alpha value is -2.30. The van der Waals surface area contributed by atoms with Crippen molar-refractivity contribution in [2.24, 2.45) is 0 Å². The number of carbonyl (C=O) groups excluding carboxylic acids is 1. The zero-order valence-electron chi connectivity index (χ0n) is 14.1. The van der Waals surface area contributed by atoms with E-state index >= 15 is 0 Å². The van der Waals surface area contributed by atoms with Crippen molar-refractivity contribution >= 4 is 55.7 Å². The molecular formula is C17H13BrN6OS2. The molecule has 0 saturated carbocycles. The third kappa shape index (κ3) is 4.18. The summed E-state index contributed by atoms with van der Waals surface area (Å²) in [6.45, 7) is 1.89. The van der Waals surface area contributed by atoms with Gasteiger partial charge >= 0.3 is 0 Å². The van der Waals surface area contributed by atoms with Gasteiger partial charge in [0.2, 0.25) is 11.1 Å². The van der Waals surface area contributed by atoms with Crippen LogP contribution in [0.4, 0.5) is 5.13 Å². The largest absolute Gasteiger partial charge is 0.301 e. The molecule has 0 fully saturated rings. The van der Waals surface area contributed by atoms with Gasteiger partial charge < -0.3 is 5.32 Å². The number of hydrogen-bond donors (Lipinski definition) is 1. The van der Waals surface area contributed by atoms with Crippen LogP contribution in [-0.4, -0.2) is 36.5 Å². The van der Waals surface area contributed by atoms with Gasteiger partial charge in [0.05, 0.1) is 17.1 Å². The van der Waals surface area contributed by atoms with Crippen molar-refractivity contribution in [2.75, 3.05) is 11.1 Å². The van der Waals surface area contributed by atoms with Crippen LogP contribution in [0.25, 0.3) is 16.9 Å². The standard InChI is InChI=1S/C17H13BrN6OS2/c1-10-8-26-16(19-10)20-15(25)9-27-17-22-21-14-7-6-13(23-24(14)17)11-2-4-12(18)5-3-11/h2-8H,9H2,1H3,(H,19,20,25). The van der Waals surface area contributed by atoms with Gasteiger partial charge in [0.15, 0.2) is 10.8 Å². The number of hydrogen-bond acceptors (Lipinski definition) is 7. The number of benzene rings is 1. The smallest absolute Gasteiger partial charge is 0.236 e. The van der Waals surface area contributed by atoms with E-state index in [0.717, 1.165) is 21.4 Å². The molecule has 4 aromatic rings. The molecule has 27 heavy (non-hydrogen) atoms. The van der Waals surface area contributed by atoms with Gasteiger partial charge in [-0.3, -0.25) is 4.79 Å². The molecule has 1 amide bonds. The lowest BCUT2D eigenvalue weighted by molar-refractivity contribution is -0.113. The van der Waals surface area contributed by atoms with E-state index in [1.807, 2.05) is 48.7 Å².